The molecule has 0 bridgehead atoms. The van der Waals surface area contributed by atoms with Crippen LogP contribution in [0.15, 0.2) is 12.1 Å². The molecule has 0 aromatic heterocycles. The van der Waals surface area contributed by atoms with Gasteiger partial charge in [0.05, 0.1) is 13.2 Å². The van der Waals surface area contributed by atoms with Gasteiger partial charge in [-0.15, -0.1) is 0 Å². The van der Waals surface area contributed by atoms with Gasteiger partial charge in [-0.25, -0.2) is 8.78 Å². The fourth-order valence-corrected chi connectivity index (χ4v) is 2.15. The number of carbonyl (C=O) groups is 1. The van der Waals surface area contributed by atoms with E-state index in [1.807, 2.05) is 0 Å². The molecule has 5 nitrogen and oxygen atoms in total. The molecule has 0 spiro atoms. The van der Waals surface area contributed by atoms with Gasteiger partial charge in [-0.05, 0) is 12.1 Å². The molecule has 1 saturated heterocycles. The zero-order chi connectivity index (χ0) is 15.4. The van der Waals surface area contributed by atoms with Crippen LogP contribution in [-0.2, 0) is 4.74 Å². The standard InChI is InChI=1S/C14H18F2N2O3/c1-17(4-5-18-6-8-21-9-7-18)14(20)12-10(15)2-3-11(19)13(12)16/h2-3,19H,4-9H2,1H3. The molecule has 1 fully saturated rings. The Morgan fingerprint density at radius 2 is 2.05 bits per heavy atom. The minimum atomic E-state index is -1.22. The van der Waals surface area contributed by atoms with E-state index in [9.17, 15) is 18.7 Å². The number of amides is 1. The Morgan fingerprint density at radius 3 is 2.71 bits per heavy atom. The molecule has 1 aliphatic rings. The zero-order valence-corrected chi connectivity index (χ0v) is 11.8. The number of nitrogens with zero attached hydrogens (tertiary/aromatic N) is 2. The first-order valence-corrected chi connectivity index (χ1v) is 6.73. The molecule has 0 atom stereocenters. The molecule has 1 heterocycles. The normalized spacial score (nSPS) is 16.0. The van der Waals surface area contributed by atoms with Gasteiger partial charge in [0, 0.05) is 33.2 Å². The van der Waals surface area contributed by atoms with Crippen molar-refractivity contribution in [1.82, 2.24) is 9.80 Å². The van der Waals surface area contributed by atoms with Gasteiger partial charge in [-0.2, -0.15) is 0 Å². The number of aromatic hydroxyl groups is 1. The number of likely N-dealkylation sites (N-methyl/N-ethyl adjacent to an activating group) is 1. The largest absolute Gasteiger partial charge is 0.505 e. The lowest BCUT2D eigenvalue weighted by Crippen LogP contribution is -2.42. The third-order valence-corrected chi connectivity index (χ3v) is 3.49. The maximum Gasteiger partial charge on any atom is 0.259 e. The molecule has 1 N–H and O–H groups in total. The molecular formula is C14H18F2N2O3. The van der Waals surface area contributed by atoms with Crippen LogP contribution in [0.25, 0.3) is 0 Å². The average molecular weight is 300 g/mol. The van der Waals surface area contributed by atoms with Gasteiger partial charge in [0.15, 0.2) is 11.6 Å². The molecule has 1 amide bonds. The van der Waals surface area contributed by atoms with Gasteiger partial charge in [0.2, 0.25) is 0 Å². The lowest BCUT2D eigenvalue weighted by molar-refractivity contribution is 0.0337. The van der Waals surface area contributed by atoms with Crippen LogP contribution in [0.4, 0.5) is 8.78 Å². The van der Waals surface area contributed by atoms with E-state index in [-0.39, 0.29) is 0 Å². The predicted octanol–water partition coefficient (Wildman–Crippen LogP) is 1.07. The zero-order valence-electron chi connectivity index (χ0n) is 11.8. The van der Waals surface area contributed by atoms with E-state index >= 15 is 0 Å². The predicted molar refractivity (Wildman–Crippen MR) is 72.2 cm³/mol. The first-order valence-electron chi connectivity index (χ1n) is 6.73. The van der Waals surface area contributed by atoms with Crippen LogP contribution < -0.4 is 0 Å². The summed E-state index contributed by atoms with van der Waals surface area (Å²) in [6, 6.07) is 1.76. The highest BCUT2D eigenvalue weighted by Gasteiger charge is 2.23. The van der Waals surface area contributed by atoms with Gasteiger partial charge in [-0.1, -0.05) is 0 Å². The van der Waals surface area contributed by atoms with Crippen molar-refractivity contribution >= 4 is 5.91 Å². The second kappa shape index (κ2) is 6.82. The fraction of sp³-hybridized carbons (Fsp3) is 0.500. The molecule has 7 heteroatoms. The number of phenolic OH excluding ortho intramolecular Hbond substituents is 1. The van der Waals surface area contributed by atoms with Crippen LogP contribution in [0.5, 0.6) is 5.75 Å². The fourth-order valence-electron chi connectivity index (χ4n) is 2.15. The van der Waals surface area contributed by atoms with Gasteiger partial charge in [-0.3, -0.25) is 9.69 Å². The Hall–Kier alpha value is -1.73. The molecule has 1 aromatic carbocycles. The molecule has 0 radical (unpaired) electrons. The lowest BCUT2D eigenvalue weighted by Gasteiger charge is -2.28. The molecule has 0 unspecified atom stereocenters. The van der Waals surface area contributed by atoms with Gasteiger partial charge in [0.25, 0.3) is 5.91 Å². The number of ether oxygens (including phenoxy) is 1. The van der Waals surface area contributed by atoms with E-state index in [1.54, 1.807) is 0 Å². The van der Waals surface area contributed by atoms with Crippen molar-refractivity contribution in [3.8, 4) is 5.75 Å². The molecule has 0 saturated carbocycles. The van der Waals surface area contributed by atoms with Crippen LogP contribution >= 0.6 is 0 Å². The van der Waals surface area contributed by atoms with Gasteiger partial charge in [0.1, 0.15) is 11.4 Å². The number of hydrogen-bond acceptors (Lipinski definition) is 4. The number of carbonyl (C=O) groups excluding carboxylic acids is 1. The van der Waals surface area contributed by atoms with E-state index < -0.39 is 28.9 Å². The molecule has 2 rings (SSSR count). The van der Waals surface area contributed by atoms with E-state index in [0.717, 1.165) is 25.2 Å². The van der Waals surface area contributed by atoms with Crippen molar-refractivity contribution in [2.45, 2.75) is 0 Å². The van der Waals surface area contributed by atoms with Crippen LogP contribution in [0.3, 0.4) is 0 Å². The second-order valence-corrected chi connectivity index (χ2v) is 4.94. The van der Waals surface area contributed by atoms with Crippen molar-refractivity contribution in [2.75, 3.05) is 46.4 Å². The summed E-state index contributed by atoms with van der Waals surface area (Å²) in [4.78, 5) is 15.5. The smallest absolute Gasteiger partial charge is 0.259 e. The Morgan fingerprint density at radius 1 is 1.38 bits per heavy atom. The summed E-state index contributed by atoms with van der Waals surface area (Å²) in [5.74, 6) is -3.72. The summed E-state index contributed by atoms with van der Waals surface area (Å²) in [5, 5.41) is 9.25. The summed E-state index contributed by atoms with van der Waals surface area (Å²) >= 11 is 0. The number of rotatable bonds is 4. The Labute approximate surface area is 121 Å². The van der Waals surface area contributed by atoms with E-state index in [4.69, 9.17) is 4.74 Å². The highest BCUT2D eigenvalue weighted by molar-refractivity contribution is 5.95. The molecule has 116 valence electrons. The third-order valence-electron chi connectivity index (χ3n) is 3.49. The van der Waals surface area contributed by atoms with Crippen LogP contribution in [0, 0.1) is 11.6 Å². The van der Waals surface area contributed by atoms with Crippen molar-refractivity contribution in [3.05, 3.63) is 29.3 Å². The Balaban J connectivity index is 2.00. The topological polar surface area (TPSA) is 53.0 Å². The Kier molecular flexibility index (Phi) is 5.08. The molecule has 1 aliphatic heterocycles. The quantitative estimate of drug-likeness (QED) is 0.904. The molecule has 21 heavy (non-hydrogen) atoms. The number of halogens is 2. The molecule has 0 aliphatic carbocycles. The maximum atomic E-state index is 13.7. The number of morpholine rings is 1. The van der Waals surface area contributed by atoms with Crippen molar-refractivity contribution in [1.29, 1.82) is 0 Å². The maximum absolute atomic E-state index is 13.7. The summed E-state index contributed by atoms with van der Waals surface area (Å²) < 4.78 is 32.5. The minimum Gasteiger partial charge on any atom is -0.505 e. The van der Waals surface area contributed by atoms with E-state index in [2.05, 4.69) is 4.90 Å². The molecule has 1 aromatic rings. The monoisotopic (exact) mass is 300 g/mol. The number of hydrogen-bond donors (Lipinski definition) is 1. The van der Waals surface area contributed by atoms with Crippen molar-refractivity contribution in [3.63, 3.8) is 0 Å². The third kappa shape index (κ3) is 3.68. The second-order valence-electron chi connectivity index (χ2n) is 4.94. The van der Waals surface area contributed by atoms with Crippen LogP contribution in [0.2, 0.25) is 0 Å². The van der Waals surface area contributed by atoms with Gasteiger partial charge >= 0.3 is 0 Å². The van der Waals surface area contributed by atoms with Crippen molar-refractivity contribution in [2.24, 2.45) is 0 Å². The Bertz CT molecular complexity index is 519. The average Bonchev–Trinajstić information content (AvgIpc) is 2.50. The first-order chi connectivity index (χ1) is 10.0. The van der Waals surface area contributed by atoms with Crippen LogP contribution in [0.1, 0.15) is 10.4 Å². The van der Waals surface area contributed by atoms with E-state index in [0.29, 0.717) is 26.3 Å². The molecular weight excluding hydrogens is 282 g/mol. The summed E-state index contributed by atoms with van der Waals surface area (Å²) in [5.41, 5.74) is -0.723. The highest BCUT2D eigenvalue weighted by Crippen LogP contribution is 2.22. The van der Waals surface area contributed by atoms with Crippen molar-refractivity contribution < 1.29 is 23.4 Å². The SMILES string of the molecule is CN(CCN1CCOCC1)C(=O)c1c(F)ccc(O)c1F. The summed E-state index contributed by atoms with van der Waals surface area (Å²) in [6.45, 7) is 3.79. The number of phenols is 1. The number of benzene rings is 1. The highest BCUT2D eigenvalue weighted by atomic mass is 19.1. The minimum absolute atomic E-state index is 0.341. The summed E-state index contributed by atoms with van der Waals surface area (Å²) in [7, 11) is 1.48. The van der Waals surface area contributed by atoms with E-state index in [1.165, 1.54) is 11.9 Å². The summed E-state index contributed by atoms with van der Waals surface area (Å²) in [6.07, 6.45) is 0. The lowest BCUT2D eigenvalue weighted by atomic mass is 10.1. The van der Waals surface area contributed by atoms with Gasteiger partial charge < -0.3 is 14.7 Å². The first kappa shape index (κ1) is 15.7. The van der Waals surface area contributed by atoms with Crippen LogP contribution in [-0.4, -0.2) is 67.3 Å².